The Morgan fingerprint density at radius 3 is 3.06 bits per heavy atom. The molecule has 0 aliphatic carbocycles. The summed E-state index contributed by atoms with van der Waals surface area (Å²) in [5.74, 6) is 2.32. The number of rotatable bonds is 4. The molecule has 6 heteroatoms. The number of nitrogens with one attached hydrogen (secondary N) is 2. The molecule has 3 aromatic rings. The first kappa shape index (κ1) is 11.0. The number of fused-ring (bicyclic) bond motifs is 1. The number of aromatic nitrogens is 2. The van der Waals surface area contributed by atoms with Gasteiger partial charge in [-0.3, -0.25) is 0 Å². The fourth-order valence-electron chi connectivity index (χ4n) is 1.69. The quantitative estimate of drug-likeness (QED) is 0.755. The van der Waals surface area contributed by atoms with Crippen LogP contribution in [-0.4, -0.2) is 17.0 Å². The van der Waals surface area contributed by atoms with E-state index in [0.717, 1.165) is 21.8 Å². The van der Waals surface area contributed by atoms with Crippen molar-refractivity contribution in [2.45, 2.75) is 6.54 Å². The van der Waals surface area contributed by atoms with Crippen LogP contribution in [0, 0.1) is 0 Å². The van der Waals surface area contributed by atoms with Crippen LogP contribution < -0.4 is 10.6 Å². The number of hydrogen-bond acceptors (Lipinski definition) is 6. The van der Waals surface area contributed by atoms with E-state index in [1.807, 2.05) is 30.6 Å². The fraction of sp³-hybridized carbons (Fsp3) is 0.167. The Morgan fingerprint density at radius 2 is 2.28 bits per heavy atom. The molecule has 18 heavy (non-hydrogen) atoms. The molecule has 0 atom stereocenters. The van der Waals surface area contributed by atoms with Crippen LogP contribution >= 0.6 is 11.3 Å². The maximum absolute atomic E-state index is 5.29. The van der Waals surface area contributed by atoms with Crippen LogP contribution in [0.15, 0.2) is 34.3 Å². The monoisotopic (exact) mass is 260 g/mol. The zero-order chi connectivity index (χ0) is 12.4. The van der Waals surface area contributed by atoms with E-state index >= 15 is 0 Å². The zero-order valence-corrected chi connectivity index (χ0v) is 10.6. The standard InChI is InChI=1S/C12H12N4OS/c1-13-12-15-10(9-4-6-18-11(9)16-12)14-7-8-3-2-5-17-8/h2-6H,7H2,1H3,(H2,13,14,15,16). The predicted octanol–water partition coefficient (Wildman–Crippen LogP) is 2.94. The van der Waals surface area contributed by atoms with Crippen molar-refractivity contribution >= 4 is 33.3 Å². The summed E-state index contributed by atoms with van der Waals surface area (Å²) in [5.41, 5.74) is 0. The Bertz CT molecular complexity index is 647. The van der Waals surface area contributed by atoms with Gasteiger partial charge in [-0.15, -0.1) is 11.3 Å². The highest BCUT2D eigenvalue weighted by Crippen LogP contribution is 2.26. The van der Waals surface area contributed by atoms with Crippen molar-refractivity contribution in [1.29, 1.82) is 0 Å². The molecule has 0 spiro atoms. The van der Waals surface area contributed by atoms with Gasteiger partial charge in [-0.2, -0.15) is 4.98 Å². The van der Waals surface area contributed by atoms with Crippen LogP contribution in [0.5, 0.6) is 0 Å². The summed E-state index contributed by atoms with van der Waals surface area (Å²) in [6.45, 7) is 0.609. The fourth-order valence-corrected chi connectivity index (χ4v) is 2.45. The van der Waals surface area contributed by atoms with Gasteiger partial charge in [-0.05, 0) is 23.6 Å². The smallest absolute Gasteiger partial charge is 0.225 e. The molecule has 5 nitrogen and oxygen atoms in total. The highest BCUT2D eigenvalue weighted by atomic mass is 32.1. The molecule has 3 heterocycles. The lowest BCUT2D eigenvalue weighted by Crippen LogP contribution is -2.04. The number of furan rings is 1. The Hall–Kier alpha value is -2.08. The Kier molecular flexibility index (Phi) is 2.85. The van der Waals surface area contributed by atoms with Gasteiger partial charge in [0.15, 0.2) is 0 Å². The van der Waals surface area contributed by atoms with Gasteiger partial charge in [0, 0.05) is 7.05 Å². The summed E-state index contributed by atoms with van der Waals surface area (Å²) in [6, 6.07) is 5.82. The van der Waals surface area contributed by atoms with E-state index in [2.05, 4.69) is 20.6 Å². The molecule has 0 aliphatic rings. The maximum atomic E-state index is 5.29. The van der Waals surface area contributed by atoms with Gasteiger partial charge in [-0.1, -0.05) is 0 Å². The first-order chi connectivity index (χ1) is 8.86. The second kappa shape index (κ2) is 4.66. The molecular formula is C12H12N4OS. The predicted molar refractivity (Wildman–Crippen MR) is 73.0 cm³/mol. The van der Waals surface area contributed by atoms with Crippen molar-refractivity contribution in [3.8, 4) is 0 Å². The minimum Gasteiger partial charge on any atom is -0.467 e. The topological polar surface area (TPSA) is 63.0 Å². The molecule has 0 aromatic carbocycles. The molecule has 0 saturated carbocycles. The van der Waals surface area contributed by atoms with Crippen LogP contribution in [0.1, 0.15) is 5.76 Å². The van der Waals surface area contributed by atoms with Crippen molar-refractivity contribution in [2.24, 2.45) is 0 Å². The molecule has 0 aliphatic heterocycles. The lowest BCUT2D eigenvalue weighted by atomic mass is 10.3. The van der Waals surface area contributed by atoms with E-state index < -0.39 is 0 Å². The molecule has 0 unspecified atom stereocenters. The van der Waals surface area contributed by atoms with Gasteiger partial charge in [0.2, 0.25) is 5.95 Å². The van der Waals surface area contributed by atoms with E-state index in [1.54, 1.807) is 17.6 Å². The Labute approximate surface area is 108 Å². The summed E-state index contributed by atoms with van der Waals surface area (Å²) in [5, 5.41) is 9.28. The molecule has 0 saturated heterocycles. The minimum absolute atomic E-state index is 0.609. The third-order valence-electron chi connectivity index (χ3n) is 2.56. The maximum Gasteiger partial charge on any atom is 0.225 e. The van der Waals surface area contributed by atoms with E-state index in [9.17, 15) is 0 Å². The summed E-state index contributed by atoms with van der Waals surface area (Å²) in [4.78, 5) is 9.78. The average Bonchev–Trinajstić information content (AvgIpc) is 3.06. The van der Waals surface area contributed by atoms with Crippen molar-refractivity contribution in [1.82, 2.24) is 9.97 Å². The number of nitrogens with zero attached hydrogens (tertiary/aromatic N) is 2. The summed E-state index contributed by atoms with van der Waals surface area (Å²) >= 11 is 1.60. The summed E-state index contributed by atoms with van der Waals surface area (Å²) in [7, 11) is 1.81. The SMILES string of the molecule is CNc1nc(NCc2ccco2)c2ccsc2n1. The summed E-state index contributed by atoms with van der Waals surface area (Å²) < 4.78 is 5.29. The molecule has 3 rings (SSSR count). The van der Waals surface area contributed by atoms with E-state index in [-0.39, 0.29) is 0 Å². The zero-order valence-electron chi connectivity index (χ0n) is 9.80. The third-order valence-corrected chi connectivity index (χ3v) is 3.37. The molecule has 0 radical (unpaired) electrons. The largest absolute Gasteiger partial charge is 0.467 e. The van der Waals surface area contributed by atoms with E-state index in [1.165, 1.54) is 0 Å². The van der Waals surface area contributed by atoms with Gasteiger partial charge in [0.05, 0.1) is 18.2 Å². The second-order valence-corrected chi connectivity index (χ2v) is 4.61. The van der Waals surface area contributed by atoms with Crippen LogP contribution in [0.4, 0.5) is 11.8 Å². The van der Waals surface area contributed by atoms with Gasteiger partial charge in [-0.25, -0.2) is 4.98 Å². The van der Waals surface area contributed by atoms with Crippen LogP contribution in [0.2, 0.25) is 0 Å². The van der Waals surface area contributed by atoms with Crippen LogP contribution in [0.25, 0.3) is 10.2 Å². The van der Waals surface area contributed by atoms with Gasteiger partial charge < -0.3 is 15.1 Å². The van der Waals surface area contributed by atoms with Crippen molar-refractivity contribution < 1.29 is 4.42 Å². The number of thiophene rings is 1. The summed E-state index contributed by atoms with van der Waals surface area (Å²) in [6.07, 6.45) is 1.66. The van der Waals surface area contributed by atoms with Crippen LogP contribution in [-0.2, 0) is 6.54 Å². The van der Waals surface area contributed by atoms with Gasteiger partial charge in [0.1, 0.15) is 16.4 Å². The molecule has 2 N–H and O–H groups in total. The lowest BCUT2D eigenvalue weighted by molar-refractivity contribution is 0.518. The van der Waals surface area contributed by atoms with Crippen LogP contribution in [0.3, 0.4) is 0 Å². The first-order valence-electron chi connectivity index (χ1n) is 5.56. The Balaban J connectivity index is 1.92. The highest BCUT2D eigenvalue weighted by molar-refractivity contribution is 7.16. The Morgan fingerprint density at radius 1 is 1.33 bits per heavy atom. The average molecular weight is 260 g/mol. The third kappa shape index (κ3) is 2.02. The van der Waals surface area contributed by atoms with Crippen molar-refractivity contribution in [2.75, 3.05) is 17.7 Å². The highest BCUT2D eigenvalue weighted by Gasteiger charge is 2.08. The van der Waals surface area contributed by atoms with Gasteiger partial charge in [0.25, 0.3) is 0 Å². The lowest BCUT2D eigenvalue weighted by Gasteiger charge is -2.07. The normalized spacial score (nSPS) is 10.7. The number of anilines is 2. The molecular weight excluding hydrogens is 248 g/mol. The second-order valence-electron chi connectivity index (χ2n) is 3.72. The minimum atomic E-state index is 0.609. The number of hydrogen-bond donors (Lipinski definition) is 2. The molecule has 0 amide bonds. The molecule has 0 bridgehead atoms. The molecule has 0 fully saturated rings. The van der Waals surface area contributed by atoms with Gasteiger partial charge >= 0.3 is 0 Å². The molecule has 3 aromatic heterocycles. The van der Waals surface area contributed by atoms with Crippen molar-refractivity contribution in [3.05, 3.63) is 35.6 Å². The van der Waals surface area contributed by atoms with Crippen molar-refractivity contribution in [3.63, 3.8) is 0 Å². The first-order valence-corrected chi connectivity index (χ1v) is 6.44. The van der Waals surface area contributed by atoms with E-state index in [0.29, 0.717) is 12.5 Å². The molecule has 92 valence electrons. The van der Waals surface area contributed by atoms with E-state index in [4.69, 9.17) is 4.42 Å².